The van der Waals surface area contributed by atoms with Crippen LogP contribution in [-0.4, -0.2) is 28.9 Å². The molecule has 5 rings (SSSR count). The predicted octanol–water partition coefficient (Wildman–Crippen LogP) is 3.68. The lowest BCUT2D eigenvalue weighted by atomic mass is 10.1. The summed E-state index contributed by atoms with van der Waals surface area (Å²) < 4.78 is 12.2. The number of hydrogen-bond acceptors (Lipinski definition) is 5. The molecule has 1 fully saturated rings. The standard InChI is InChI=1S/C23H25N3O4/c1-2-3-4-5-18(27)25-21-20-15-12-13(6-8-16(15)30-22(20)21)29-17-10-11-24-23-14(17)7-9-19(28)26-23/h6,8,10-12,20-22H,2-5,7,9H2,1H3,(H,25,27)(H,24,26,28)/t20-,21+,22-/m0/s1. The van der Waals surface area contributed by atoms with Gasteiger partial charge in [-0.1, -0.05) is 19.8 Å². The quantitative estimate of drug-likeness (QED) is 0.684. The maximum absolute atomic E-state index is 12.2. The summed E-state index contributed by atoms with van der Waals surface area (Å²) in [6.45, 7) is 2.13. The van der Waals surface area contributed by atoms with E-state index in [1.54, 1.807) is 6.20 Å². The fourth-order valence-corrected chi connectivity index (χ4v) is 4.35. The van der Waals surface area contributed by atoms with Gasteiger partial charge in [-0.25, -0.2) is 4.98 Å². The Balaban J connectivity index is 1.28. The van der Waals surface area contributed by atoms with Gasteiger partial charge in [0.05, 0.1) is 12.0 Å². The monoisotopic (exact) mass is 407 g/mol. The van der Waals surface area contributed by atoms with E-state index >= 15 is 0 Å². The molecule has 1 aromatic carbocycles. The minimum atomic E-state index is -0.0237. The Labute approximate surface area is 175 Å². The Morgan fingerprint density at radius 2 is 2.20 bits per heavy atom. The number of ether oxygens (including phenoxy) is 2. The van der Waals surface area contributed by atoms with Crippen molar-refractivity contribution in [2.75, 3.05) is 5.32 Å². The molecule has 0 radical (unpaired) electrons. The first-order chi connectivity index (χ1) is 14.6. The van der Waals surface area contributed by atoms with Gasteiger partial charge in [0, 0.05) is 30.2 Å². The number of nitrogens with zero attached hydrogens (tertiary/aromatic N) is 1. The molecular weight excluding hydrogens is 382 g/mol. The molecule has 3 atom stereocenters. The van der Waals surface area contributed by atoms with Crippen molar-refractivity contribution in [3.8, 4) is 17.2 Å². The van der Waals surface area contributed by atoms with E-state index < -0.39 is 0 Å². The number of carbonyl (C=O) groups is 2. The van der Waals surface area contributed by atoms with E-state index in [1.165, 1.54) is 0 Å². The highest BCUT2D eigenvalue weighted by Crippen LogP contribution is 2.54. The van der Waals surface area contributed by atoms with Gasteiger partial charge in [0.25, 0.3) is 0 Å². The van der Waals surface area contributed by atoms with Gasteiger partial charge in [0.2, 0.25) is 11.8 Å². The molecule has 30 heavy (non-hydrogen) atoms. The van der Waals surface area contributed by atoms with E-state index in [-0.39, 0.29) is 29.9 Å². The van der Waals surface area contributed by atoms with E-state index in [0.29, 0.717) is 36.6 Å². The van der Waals surface area contributed by atoms with Crippen LogP contribution in [0.3, 0.4) is 0 Å². The molecule has 3 heterocycles. The van der Waals surface area contributed by atoms with Gasteiger partial charge in [-0.3, -0.25) is 9.59 Å². The number of fused-ring (bicyclic) bond motifs is 4. The summed E-state index contributed by atoms with van der Waals surface area (Å²) in [5.74, 6) is 3.11. The van der Waals surface area contributed by atoms with E-state index in [4.69, 9.17) is 9.47 Å². The summed E-state index contributed by atoms with van der Waals surface area (Å²) in [7, 11) is 0. The number of unbranched alkanes of at least 4 members (excludes halogenated alkanes) is 2. The number of hydrogen-bond donors (Lipinski definition) is 2. The van der Waals surface area contributed by atoms with Crippen molar-refractivity contribution in [2.24, 2.45) is 0 Å². The second kappa shape index (κ2) is 7.63. The topological polar surface area (TPSA) is 89.6 Å². The third kappa shape index (κ3) is 3.49. The molecule has 7 nitrogen and oxygen atoms in total. The average Bonchev–Trinajstić information content (AvgIpc) is 3.24. The lowest BCUT2D eigenvalue weighted by Gasteiger charge is -2.19. The van der Waals surface area contributed by atoms with Crippen LogP contribution in [0.1, 0.15) is 56.1 Å². The number of benzene rings is 1. The van der Waals surface area contributed by atoms with Gasteiger partial charge in [-0.2, -0.15) is 0 Å². The van der Waals surface area contributed by atoms with E-state index in [9.17, 15) is 9.59 Å². The third-order valence-electron chi connectivity index (χ3n) is 5.99. The number of amides is 2. The van der Waals surface area contributed by atoms with Crippen LogP contribution in [0.25, 0.3) is 0 Å². The maximum Gasteiger partial charge on any atom is 0.225 e. The van der Waals surface area contributed by atoms with Crippen LogP contribution in [0.4, 0.5) is 5.82 Å². The highest BCUT2D eigenvalue weighted by atomic mass is 16.5. The van der Waals surface area contributed by atoms with Gasteiger partial charge in [-0.05, 0) is 37.1 Å². The Morgan fingerprint density at radius 1 is 1.30 bits per heavy atom. The minimum absolute atomic E-state index is 0.0225. The van der Waals surface area contributed by atoms with Gasteiger partial charge in [0.1, 0.15) is 29.2 Å². The Kier molecular flexibility index (Phi) is 4.81. The summed E-state index contributed by atoms with van der Waals surface area (Å²) in [4.78, 5) is 28.0. The zero-order chi connectivity index (χ0) is 20.7. The van der Waals surface area contributed by atoms with Crippen molar-refractivity contribution in [2.45, 2.75) is 63.5 Å². The SMILES string of the molecule is CCCCCC(=O)N[C@H]1[C@H]2Oc3ccc(Oc4ccnc5c4CCC(=O)N5)cc3[C@@H]12. The van der Waals surface area contributed by atoms with Crippen LogP contribution < -0.4 is 20.1 Å². The van der Waals surface area contributed by atoms with Gasteiger partial charge >= 0.3 is 0 Å². The highest BCUT2D eigenvalue weighted by Gasteiger charge is 2.59. The number of anilines is 1. The van der Waals surface area contributed by atoms with E-state index in [0.717, 1.165) is 36.1 Å². The first kappa shape index (κ1) is 18.9. The lowest BCUT2D eigenvalue weighted by Crippen LogP contribution is -2.29. The largest absolute Gasteiger partial charge is 0.487 e. The molecule has 0 spiro atoms. The summed E-state index contributed by atoms with van der Waals surface area (Å²) >= 11 is 0. The van der Waals surface area contributed by atoms with Crippen molar-refractivity contribution in [1.82, 2.24) is 10.3 Å². The minimum Gasteiger partial charge on any atom is -0.487 e. The number of pyridine rings is 1. The fraction of sp³-hybridized carbons (Fsp3) is 0.435. The van der Waals surface area contributed by atoms with Crippen LogP contribution in [0.2, 0.25) is 0 Å². The normalized spacial score (nSPS) is 22.8. The zero-order valence-corrected chi connectivity index (χ0v) is 16.9. The van der Waals surface area contributed by atoms with Crippen molar-refractivity contribution in [1.29, 1.82) is 0 Å². The number of carbonyl (C=O) groups excluding carboxylic acids is 2. The Bertz CT molecular complexity index is 1010. The first-order valence-corrected chi connectivity index (χ1v) is 10.7. The zero-order valence-electron chi connectivity index (χ0n) is 16.9. The predicted molar refractivity (Wildman–Crippen MR) is 111 cm³/mol. The van der Waals surface area contributed by atoms with Crippen LogP contribution in [0, 0.1) is 0 Å². The van der Waals surface area contributed by atoms with Gasteiger partial charge < -0.3 is 20.1 Å². The molecular formula is C23H25N3O4. The van der Waals surface area contributed by atoms with Crippen LogP contribution in [-0.2, 0) is 16.0 Å². The fourth-order valence-electron chi connectivity index (χ4n) is 4.35. The first-order valence-electron chi connectivity index (χ1n) is 10.7. The molecule has 3 aliphatic rings. The van der Waals surface area contributed by atoms with E-state index in [2.05, 4.69) is 22.5 Å². The highest BCUT2D eigenvalue weighted by molar-refractivity contribution is 5.93. The molecule has 1 saturated carbocycles. The molecule has 156 valence electrons. The van der Waals surface area contributed by atoms with Crippen molar-refractivity contribution in [3.05, 3.63) is 41.6 Å². The molecule has 0 bridgehead atoms. The van der Waals surface area contributed by atoms with Gasteiger partial charge in [0.15, 0.2) is 0 Å². The molecule has 1 aliphatic carbocycles. The average molecular weight is 407 g/mol. The second-order valence-corrected chi connectivity index (χ2v) is 8.14. The molecule has 2 aliphatic heterocycles. The number of aromatic nitrogens is 1. The summed E-state index contributed by atoms with van der Waals surface area (Å²) in [5, 5.41) is 5.91. The molecule has 7 heteroatoms. The van der Waals surface area contributed by atoms with Crippen molar-refractivity contribution >= 4 is 17.6 Å². The van der Waals surface area contributed by atoms with Crippen molar-refractivity contribution in [3.63, 3.8) is 0 Å². The summed E-state index contributed by atoms with van der Waals surface area (Å²) in [6.07, 6.45) is 6.37. The second-order valence-electron chi connectivity index (χ2n) is 8.14. The summed E-state index contributed by atoms with van der Waals surface area (Å²) in [5.41, 5.74) is 1.99. The molecule has 0 unspecified atom stereocenters. The van der Waals surface area contributed by atoms with Crippen LogP contribution >= 0.6 is 0 Å². The van der Waals surface area contributed by atoms with Gasteiger partial charge in [-0.15, -0.1) is 0 Å². The summed E-state index contributed by atoms with van der Waals surface area (Å²) in [6, 6.07) is 7.67. The molecule has 2 aromatic rings. The van der Waals surface area contributed by atoms with Crippen molar-refractivity contribution < 1.29 is 19.1 Å². The molecule has 1 aromatic heterocycles. The molecule has 2 amide bonds. The number of nitrogens with one attached hydrogen (secondary N) is 2. The molecule has 0 saturated heterocycles. The molecule has 2 N–H and O–H groups in total. The third-order valence-corrected chi connectivity index (χ3v) is 5.99. The maximum atomic E-state index is 12.2. The Morgan fingerprint density at radius 3 is 3.07 bits per heavy atom. The lowest BCUT2D eigenvalue weighted by molar-refractivity contribution is -0.121. The number of rotatable bonds is 7. The Hall–Kier alpha value is -3.09. The van der Waals surface area contributed by atoms with Crippen LogP contribution in [0.5, 0.6) is 17.2 Å². The van der Waals surface area contributed by atoms with Crippen LogP contribution in [0.15, 0.2) is 30.5 Å². The smallest absolute Gasteiger partial charge is 0.225 e. The van der Waals surface area contributed by atoms with E-state index in [1.807, 2.05) is 24.3 Å².